The molecule has 4 N–H and O–H groups in total. The van der Waals surface area contributed by atoms with Gasteiger partial charge in [0.2, 0.25) is 0 Å². The molecule has 2 amide bonds. The molecule has 0 saturated heterocycles. The highest BCUT2D eigenvalue weighted by molar-refractivity contribution is 6.03. The molecular weight excluding hydrogens is 446 g/mol. The number of anilines is 2. The van der Waals surface area contributed by atoms with Gasteiger partial charge in [-0.25, -0.2) is 19.0 Å². The Morgan fingerprint density at radius 1 is 1.00 bits per heavy atom. The van der Waals surface area contributed by atoms with Gasteiger partial charge in [-0.05, 0) is 36.4 Å². The van der Waals surface area contributed by atoms with Crippen LogP contribution in [-0.4, -0.2) is 32.3 Å². The summed E-state index contributed by atoms with van der Waals surface area (Å²) in [5, 5.41) is 20.6. The molecule has 0 radical (unpaired) electrons. The number of rotatable bonds is 4. The Kier molecular flexibility index (Phi) is 5.42. The zero-order valence-corrected chi connectivity index (χ0v) is 16.4. The van der Waals surface area contributed by atoms with E-state index >= 15 is 0 Å². The normalized spacial score (nSPS) is 11.4. The molecule has 4 aromatic rings. The van der Waals surface area contributed by atoms with Crippen LogP contribution in [0.5, 0.6) is 0 Å². The number of pyridine rings is 1. The van der Waals surface area contributed by atoms with Crippen molar-refractivity contribution in [2.75, 3.05) is 10.6 Å². The molecule has 0 bridgehead atoms. The highest BCUT2D eigenvalue weighted by Gasteiger charge is 2.31. The lowest BCUT2D eigenvalue weighted by Crippen LogP contribution is -2.20. The fourth-order valence-corrected chi connectivity index (χ4v) is 3.06. The van der Waals surface area contributed by atoms with Crippen LogP contribution in [0.15, 0.2) is 54.7 Å². The number of hydrogen-bond acceptors (Lipinski definition) is 4. The first-order valence-corrected chi connectivity index (χ1v) is 9.24. The largest absolute Gasteiger partial charge is 0.478 e. The number of fused-ring (bicyclic) bond motifs is 1. The van der Waals surface area contributed by atoms with Crippen molar-refractivity contribution in [1.82, 2.24) is 15.2 Å². The number of aromatic carboxylic acids is 1. The topological polar surface area (TPSA) is 120 Å². The van der Waals surface area contributed by atoms with Crippen molar-refractivity contribution in [3.63, 3.8) is 0 Å². The van der Waals surface area contributed by atoms with Crippen LogP contribution in [0.2, 0.25) is 0 Å². The molecule has 2 aromatic heterocycles. The predicted molar refractivity (Wildman–Crippen MR) is 110 cm³/mol. The number of nitrogens with one attached hydrogen (secondary N) is 3. The van der Waals surface area contributed by atoms with Crippen LogP contribution in [-0.2, 0) is 6.18 Å². The van der Waals surface area contributed by atoms with Gasteiger partial charge in [0.1, 0.15) is 5.82 Å². The summed E-state index contributed by atoms with van der Waals surface area (Å²) >= 11 is 0. The number of benzene rings is 2. The summed E-state index contributed by atoms with van der Waals surface area (Å²) in [5.41, 5.74) is -0.314. The highest BCUT2D eigenvalue weighted by atomic mass is 19.4. The second-order valence-corrected chi connectivity index (χ2v) is 6.84. The first-order valence-electron chi connectivity index (χ1n) is 9.24. The lowest BCUT2D eigenvalue weighted by molar-refractivity contribution is -0.137. The lowest BCUT2D eigenvalue weighted by Gasteiger charge is -2.12. The average Bonchev–Trinajstić information content (AvgIpc) is 3.23. The lowest BCUT2D eigenvalue weighted by atomic mass is 10.1. The molecule has 0 spiro atoms. The molecule has 0 aliphatic carbocycles. The van der Waals surface area contributed by atoms with Crippen molar-refractivity contribution < 1.29 is 32.3 Å². The van der Waals surface area contributed by atoms with Crippen molar-refractivity contribution in [3.05, 3.63) is 71.7 Å². The number of carbonyl (C=O) groups is 2. The maximum absolute atomic E-state index is 13.8. The summed E-state index contributed by atoms with van der Waals surface area (Å²) in [4.78, 5) is 28.0. The van der Waals surface area contributed by atoms with E-state index in [-0.39, 0.29) is 16.9 Å². The Bertz CT molecular complexity index is 1370. The SMILES string of the molecule is O=C(Nc1ccc(-c2cc(C(=O)O)c3cn[nH]c3n2)cc1)Nc1cc(C(F)(F)F)ccc1F. The molecule has 0 atom stereocenters. The third kappa shape index (κ3) is 4.59. The van der Waals surface area contributed by atoms with Crippen LogP contribution in [0.25, 0.3) is 22.3 Å². The third-order valence-corrected chi connectivity index (χ3v) is 4.63. The summed E-state index contributed by atoms with van der Waals surface area (Å²) in [6.45, 7) is 0. The van der Waals surface area contributed by atoms with Gasteiger partial charge in [0.15, 0.2) is 5.65 Å². The minimum Gasteiger partial charge on any atom is -0.478 e. The minimum absolute atomic E-state index is 0.00782. The number of urea groups is 1. The van der Waals surface area contributed by atoms with Crippen molar-refractivity contribution in [2.24, 2.45) is 0 Å². The molecule has 0 fully saturated rings. The molecule has 0 aliphatic heterocycles. The molecular formula is C21H13F4N5O3. The first kappa shape index (κ1) is 21.7. The number of carbonyl (C=O) groups excluding carboxylic acids is 1. The zero-order chi connectivity index (χ0) is 23.8. The van der Waals surface area contributed by atoms with E-state index in [4.69, 9.17) is 0 Å². The van der Waals surface area contributed by atoms with E-state index in [0.717, 1.165) is 0 Å². The predicted octanol–water partition coefficient (Wildman–Crippen LogP) is 5.13. The molecule has 12 heteroatoms. The Labute approximate surface area is 182 Å². The second kappa shape index (κ2) is 8.22. The number of H-pyrrole nitrogens is 1. The first-order chi connectivity index (χ1) is 15.6. The summed E-state index contributed by atoms with van der Waals surface area (Å²) in [5.74, 6) is -2.18. The maximum Gasteiger partial charge on any atom is 0.416 e. The number of amides is 2. The molecule has 0 saturated carbocycles. The summed E-state index contributed by atoms with van der Waals surface area (Å²) < 4.78 is 52.2. The molecule has 33 heavy (non-hydrogen) atoms. The molecule has 0 unspecified atom stereocenters. The van der Waals surface area contributed by atoms with Gasteiger partial charge in [-0.15, -0.1) is 0 Å². The molecule has 8 nitrogen and oxygen atoms in total. The van der Waals surface area contributed by atoms with Crippen molar-refractivity contribution in [2.45, 2.75) is 6.18 Å². The van der Waals surface area contributed by atoms with E-state index in [1.807, 2.05) is 5.32 Å². The van der Waals surface area contributed by atoms with E-state index in [9.17, 15) is 32.3 Å². The molecule has 0 aliphatic rings. The number of halogens is 4. The number of hydrogen-bond donors (Lipinski definition) is 4. The van der Waals surface area contributed by atoms with Crippen LogP contribution in [0.1, 0.15) is 15.9 Å². The minimum atomic E-state index is -4.69. The van der Waals surface area contributed by atoms with E-state index in [2.05, 4.69) is 20.5 Å². The number of nitrogens with zero attached hydrogens (tertiary/aromatic N) is 2. The van der Waals surface area contributed by atoms with Gasteiger partial charge in [-0.1, -0.05) is 12.1 Å². The van der Waals surface area contributed by atoms with Gasteiger partial charge in [-0.3, -0.25) is 5.10 Å². The number of alkyl halides is 3. The van der Waals surface area contributed by atoms with Gasteiger partial charge in [-0.2, -0.15) is 18.3 Å². The fraction of sp³-hybridized carbons (Fsp3) is 0.0476. The number of aromatic nitrogens is 3. The van der Waals surface area contributed by atoms with Crippen molar-refractivity contribution in [3.8, 4) is 11.3 Å². The van der Waals surface area contributed by atoms with Gasteiger partial charge >= 0.3 is 18.2 Å². The number of carboxylic acids is 1. The number of aromatic amines is 1. The third-order valence-electron chi connectivity index (χ3n) is 4.63. The molecule has 168 valence electrons. The quantitative estimate of drug-likeness (QED) is 0.316. The van der Waals surface area contributed by atoms with E-state index in [1.54, 1.807) is 12.1 Å². The average molecular weight is 459 g/mol. The van der Waals surface area contributed by atoms with Crippen LogP contribution in [0.3, 0.4) is 0 Å². The van der Waals surface area contributed by atoms with Crippen LogP contribution < -0.4 is 10.6 Å². The Hall–Kier alpha value is -4.48. The Morgan fingerprint density at radius 2 is 1.73 bits per heavy atom. The van der Waals surface area contributed by atoms with Crippen molar-refractivity contribution in [1.29, 1.82) is 0 Å². The van der Waals surface area contributed by atoms with Gasteiger partial charge in [0.05, 0.1) is 34.1 Å². The second-order valence-electron chi connectivity index (χ2n) is 6.84. The van der Waals surface area contributed by atoms with Crippen LogP contribution in [0, 0.1) is 5.82 Å². The summed E-state index contributed by atoms with van der Waals surface area (Å²) in [7, 11) is 0. The Balaban J connectivity index is 1.51. The monoisotopic (exact) mass is 459 g/mol. The molecule has 4 rings (SSSR count). The van der Waals surface area contributed by atoms with Gasteiger partial charge in [0.25, 0.3) is 0 Å². The van der Waals surface area contributed by atoms with Crippen LogP contribution in [0.4, 0.5) is 33.7 Å². The van der Waals surface area contributed by atoms with E-state index in [0.29, 0.717) is 34.8 Å². The van der Waals surface area contributed by atoms with Gasteiger partial charge < -0.3 is 15.7 Å². The molecule has 2 heterocycles. The van der Waals surface area contributed by atoms with Gasteiger partial charge in [0, 0.05) is 11.3 Å². The van der Waals surface area contributed by atoms with Crippen LogP contribution >= 0.6 is 0 Å². The number of carboxylic acid groups (broad SMARTS) is 1. The summed E-state index contributed by atoms with van der Waals surface area (Å²) in [6.07, 6.45) is -3.33. The standard InChI is InChI=1S/C21H13F4N5O3/c22-15-6-3-11(21(23,24)25)7-17(15)29-20(33)27-12-4-1-10(2-5-12)16-8-13(19(31)32)14-9-26-30-18(14)28-16/h1-9H,(H,31,32)(H,26,28,30)(H2,27,29,33). The molecule has 2 aromatic carbocycles. The highest BCUT2D eigenvalue weighted by Crippen LogP contribution is 2.32. The van der Waals surface area contributed by atoms with Crippen molar-refractivity contribution >= 4 is 34.4 Å². The zero-order valence-electron chi connectivity index (χ0n) is 16.4. The fourth-order valence-electron chi connectivity index (χ4n) is 3.06. The smallest absolute Gasteiger partial charge is 0.416 e. The maximum atomic E-state index is 13.8. The van der Waals surface area contributed by atoms with E-state index < -0.39 is 35.2 Å². The summed E-state index contributed by atoms with van der Waals surface area (Å²) in [6, 6.07) is 8.15. The van der Waals surface area contributed by atoms with E-state index in [1.165, 1.54) is 24.4 Å². The Morgan fingerprint density at radius 3 is 2.39 bits per heavy atom.